The molecular weight excluding hydrogens is 589 g/mol. The lowest BCUT2D eigenvalue weighted by Crippen LogP contribution is -2.30. The smallest absolute Gasteiger partial charge is 0.276 e. The fourth-order valence-corrected chi connectivity index (χ4v) is 5.37. The summed E-state index contributed by atoms with van der Waals surface area (Å²) >= 11 is 5.83. The van der Waals surface area contributed by atoms with Crippen LogP contribution < -0.4 is 10.2 Å². The van der Waals surface area contributed by atoms with Crippen LogP contribution in [0.5, 0.6) is 0 Å². The number of fused-ring (bicyclic) bond motifs is 1. The zero-order valence-electron chi connectivity index (χ0n) is 22.8. The van der Waals surface area contributed by atoms with E-state index in [1.54, 1.807) is 4.90 Å². The summed E-state index contributed by atoms with van der Waals surface area (Å²) in [4.78, 5) is 35.5. The Balaban J connectivity index is 1.21. The van der Waals surface area contributed by atoms with Gasteiger partial charge in [0, 0.05) is 29.8 Å². The summed E-state index contributed by atoms with van der Waals surface area (Å²) in [6.07, 6.45) is 0.513. The van der Waals surface area contributed by atoms with Gasteiger partial charge in [0.05, 0.1) is 52.8 Å². The number of alkyl halides is 2. The van der Waals surface area contributed by atoms with Crippen molar-refractivity contribution in [3.8, 4) is 11.3 Å². The van der Waals surface area contributed by atoms with Gasteiger partial charge in [-0.15, -0.1) is 5.10 Å². The average Bonchev–Trinajstić information content (AvgIpc) is 3.49. The molecule has 2 N–H and O–H groups in total. The molecule has 4 heterocycles. The van der Waals surface area contributed by atoms with Gasteiger partial charge >= 0.3 is 0 Å². The predicted octanol–water partition coefficient (Wildman–Crippen LogP) is 4.51. The second-order valence-corrected chi connectivity index (χ2v) is 11.0. The van der Waals surface area contributed by atoms with Gasteiger partial charge in [-0.25, -0.2) is 18.2 Å². The van der Waals surface area contributed by atoms with Crippen LogP contribution in [0.4, 0.5) is 24.7 Å². The summed E-state index contributed by atoms with van der Waals surface area (Å²) in [6, 6.07) is 3.79. The molecule has 1 unspecified atom stereocenters. The Morgan fingerprint density at radius 2 is 2.05 bits per heavy atom. The number of rotatable bonds is 8. The van der Waals surface area contributed by atoms with Crippen LogP contribution in [-0.2, 0) is 11.3 Å². The first kappa shape index (κ1) is 28.7. The third-order valence-electron chi connectivity index (χ3n) is 7.43. The van der Waals surface area contributed by atoms with Gasteiger partial charge in [-0.1, -0.05) is 17.7 Å². The molecule has 1 saturated heterocycles. The van der Waals surface area contributed by atoms with Crippen LogP contribution in [0.15, 0.2) is 36.8 Å². The summed E-state index contributed by atoms with van der Waals surface area (Å²) < 4.78 is 43.7. The van der Waals surface area contributed by atoms with E-state index in [1.807, 2.05) is 13.0 Å². The number of nitrogens with zero attached hydrogens (tertiary/aromatic N) is 7. The van der Waals surface area contributed by atoms with Crippen molar-refractivity contribution in [2.45, 2.75) is 39.3 Å². The van der Waals surface area contributed by atoms with Crippen LogP contribution in [0.2, 0.25) is 5.02 Å². The van der Waals surface area contributed by atoms with E-state index >= 15 is 0 Å². The van der Waals surface area contributed by atoms with Crippen LogP contribution >= 0.6 is 11.6 Å². The first-order chi connectivity index (χ1) is 20.5. The van der Waals surface area contributed by atoms with E-state index in [0.29, 0.717) is 24.0 Å². The van der Waals surface area contributed by atoms with Crippen LogP contribution in [-0.4, -0.2) is 53.4 Å². The first-order valence-corrected chi connectivity index (χ1v) is 13.7. The number of piperidine rings is 1. The number of aliphatic hydroxyl groups excluding tert-OH is 1. The number of amides is 2. The van der Waals surface area contributed by atoms with E-state index in [-0.39, 0.29) is 35.4 Å². The maximum Gasteiger partial charge on any atom is 0.276 e. The normalized spacial score (nSPS) is 18.2. The SMILES string of the molecule is Cc1cc(Cn2cc(NC(=O)c3nc(-c4c(C(F)F)ccc(Cl)c4F)cnc3C(C)O)cn2)nnc1N1C[C@H]2C[C@H]2C1=O. The quantitative estimate of drug-likeness (QED) is 0.296. The number of anilines is 2. The number of aliphatic hydroxyl groups is 1. The van der Waals surface area contributed by atoms with Crippen molar-refractivity contribution < 1.29 is 27.9 Å². The summed E-state index contributed by atoms with van der Waals surface area (Å²) in [7, 11) is 0. The van der Waals surface area contributed by atoms with Gasteiger partial charge < -0.3 is 10.4 Å². The highest BCUT2D eigenvalue weighted by atomic mass is 35.5. The van der Waals surface area contributed by atoms with E-state index in [0.717, 1.165) is 30.3 Å². The number of halogens is 4. The van der Waals surface area contributed by atoms with E-state index in [9.17, 15) is 27.9 Å². The number of carbonyl (C=O) groups excluding carboxylic acids is 2. The lowest BCUT2D eigenvalue weighted by Gasteiger charge is -2.18. The highest BCUT2D eigenvalue weighted by Crippen LogP contribution is 2.47. The van der Waals surface area contributed by atoms with Gasteiger partial charge in [0.2, 0.25) is 5.91 Å². The number of aromatic nitrogens is 6. The first-order valence-electron chi connectivity index (χ1n) is 13.3. The molecule has 4 aromatic rings. The molecule has 3 aromatic heterocycles. The summed E-state index contributed by atoms with van der Waals surface area (Å²) in [6.45, 7) is 4.07. The average molecular weight is 613 g/mol. The zero-order chi connectivity index (χ0) is 30.6. The number of benzene rings is 1. The minimum absolute atomic E-state index is 0.0868. The van der Waals surface area contributed by atoms with Gasteiger partial charge in [-0.3, -0.25) is 24.2 Å². The molecule has 15 heteroatoms. The van der Waals surface area contributed by atoms with Crippen molar-refractivity contribution in [3.63, 3.8) is 0 Å². The predicted molar refractivity (Wildman–Crippen MR) is 148 cm³/mol. The van der Waals surface area contributed by atoms with Crippen molar-refractivity contribution in [1.29, 1.82) is 0 Å². The van der Waals surface area contributed by atoms with E-state index in [2.05, 4.69) is 30.6 Å². The molecule has 43 heavy (non-hydrogen) atoms. The highest BCUT2D eigenvalue weighted by molar-refractivity contribution is 6.31. The molecule has 1 saturated carbocycles. The molecule has 0 bridgehead atoms. The van der Waals surface area contributed by atoms with Crippen molar-refractivity contribution in [2.24, 2.45) is 11.8 Å². The van der Waals surface area contributed by atoms with E-state index in [4.69, 9.17) is 11.6 Å². The molecule has 0 radical (unpaired) electrons. The van der Waals surface area contributed by atoms with Crippen LogP contribution in [0.3, 0.4) is 0 Å². The van der Waals surface area contributed by atoms with Gasteiger partial charge in [0.25, 0.3) is 12.3 Å². The van der Waals surface area contributed by atoms with E-state index < -0.39 is 46.1 Å². The summed E-state index contributed by atoms with van der Waals surface area (Å²) in [5, 5.41) is 25.1. The Labute approximate surface area is 247 Å². The molecule has 6 rings (SSSR count). The van der Waals surface area contributed by atoms with Crippen molar-refractivity contribution in [1.82, 2.24) is 29.9 Å². The topological polar surface area (TPSA) is 139 Å². The van der Waals surface area contributed by atoms with Crippen LogP contribution in [0.25, 0.3) is 11.3 Å². The highest BCUT2D eigenvalue weighted by Gasteiger charge is 2.53. The van der Waals surface area contributed by atoms with Crippen LogP contribution in [0, 0.1) is 24.6 Å². The molecular formula is C28H24ClF3N8O3. The molecule has 2 aliphatic rings. The fourth-order valence-electron chi connectivity index (χ4n) is 5.22. The maximum atomic E-state index is 14.9. The lowest BCUT2D eigenvalue weighted by molar-refractivity contribution is -0.118. The second kappa shape index (κ2) is 11.0. The Bertz CT molecular complexity index is 1770. The zero-order valence-corrected chi connectivity index (χ0v) is 23.6. The van der Waals surface area contributed by atoms with Crippen molar-refractivity contribution in [2.75, 3.05) is 16.8 Å². The van der Waals surface area contributed by atoms with Crippen LogP contribution in [0.1, 0.15) is 58.9 Å². The summed E-state index contributed by atoms with van der Waals surface area (Å²) in [5.41, 5.74) is -0.543. The largest absolute Gasteiger partial charge is 0.387 e. The standard InChI is InChI=1S/C28H24ClF3N8O3/c1-12-5-15(37-38-26(12)40-9-14-6-18(14)28(40)43)10-39-11-16(7-34-39)35-27(42)24-23(13(2)41)33-8-20(36-24)21-17(25(31)32)3-4-19(29)22(21)30/h3-5,7-8,11,13-14,18,25,41H,6,9-10H2,1-2H3,(H,35,42)/t13?,14-,18-/m1/s1. The Morgan fingerprint density at radius 1 is 1.26 bits per heavy atom. The monoisotopic (exact) mass is 612 g/mol. The van der Waals surface area contributed by atoms with Crippen molar-refractivity contribution >= 4 is 34.9 Å². The molecule has 2 amide bonds. The number of aryl methyl sites for hydroxylation is 1. The van der Waals surface area contributed by atoms with Gasteiger partial charge in [-0.05, 0) is 43.9 Å². The summed E-state index contributed by atoms with van der Waals surface area (Å²) in [5.74, 6) is -0.824. The Morgan fingerprint density at radius 3 is 2.72 bits per heavy atom. The molecule has 0 spiro atoms. The second-order valence-electron chi connectivity index (χ2n) is 10.6. The minimum atomic E-state index is -3.05. The van der Waals surface area contributed by atoms with Gasteiger partial charge in [0.1, 0.15) is 0 Å². The molecule has 11 nitrogen and oxygen atoms in total. The lowest BCUT2D eigenvalue weighted by atomic mass is 10.0. The van der Waals surface area contributed by atoms with Crippen molar-refractivity contribution in [3.05, 3.63) is 75.8 Å². The number of hydrogen-bond acceptors (Lipinski definition) is 8. The minimum Gasteiger partial charge on any atom is -0.387 e. The number of hydrogen-bond donors (Lipinski definition) is 2. The van der Waals surface area contributed by atoms with Gasteiger partial charge in [0.15, 0.2) is 17.3 Å². The van der Waals surface area contributed by atoms with Gasteiger partial charge in [-0.2, -0.15) is 10.2 Å². The molecule has 1 aliphatic carbocycles. The van der Waals surface area contributed by atoms with E-state index in [1.165, 1.54) is 24.0 Å². The molecule has 2 fully saturated rings. The Kier molecular flexibility index (Phi) is 7.34. The third-order valence-corrected chi connectivity index (χ3v) is 7.72. The number of carbonyl (C=O) groups is 2. The molecule has 1 aromatic carbocycles. The molecule has 1 aliphatic heterocycles. The third kappa shape index (κ3) is 5.43. The number of nitrogens with one attached hydrogen (secondary N) is 1. The molecule has 3 atom stereocenters. The Hall–Kier alpha value is -4.43. The fraction of sp³-hybridized carbons (Fsp3) is 0.321. The molecule has 222 valence electrons. The maximum absolute atomic E-state index is 14.9.